The van der Waals surface area contributed by atoms with Crippen molar-refractivity contribution >= 4 is 5.91 Å². The molecular weight excluding hydrogens is 178 g/mol. The molecule has 0 aliphatic carbocycles. The Kier molecular flexibility index (Phi) is 3.50. The Morgan fingerprint density at radius 2 is 2.21 bits per heavy atom. The van der Waals surface area contributed by atoms with Gasteiger partial charge in [0.2, 0.25) is 5.91 Å². The molecule has 1 unspecified atom stereocenters. The molecule has 0 aromatic heterocycles. The third-order valence-corrected chi connectivity index (χ3v) is 2.93. The van der Waals surface area contributed by atoms with Crippen LogP contribution in [0.2, 0.25) is 0 Å². The van der Waals surface area contributed by atoms with Crippen LogP contribution in [0.5, 0.6) is 0 Å². The molecule has 1 amide bonds. The summed E-state index contributed by atoms with van der Waals surface area (Å²) in [6.07, 6.45) is 1.55. The molecule has 0 saturated carbocycles. The van der Waals surface area contributed by atoms with Crippen molar-refractivity contribution in [1.29, 1.82) is 0 Å². The Morgan fingerprint density at radius 3 is 2.57 bits per heavy atom. The van der Waals surface area contributed by atoms with Crippen LogP contribution in [-0.4, -0.2) is 36.5 Å². The fourth-order valence-corrected chi connectivity index (χ4v) is 2.06. The van der Waals surface area contributed by atoms with E-state index in [1.807, 2.05) is 0 Å². The second-order valence-corrected chi connectivity index (χ2v) is 4.94. The number of likely N-dealkylation sites (tertiary alicyclic amines) is 1. The van der Waals surface area contributed by atoms with Gasteiger partial charge in [0.15, 0.2) is 0 Å². The molecule has 0 spiro atoms. The van der Waals surface area contributed by atoms with E-state index in [1.54, 1.807) is 0 Å². The van der Waals surface area contributed by atoms with Crippen LogP contribution in [-0.2, 0) is 4.79 Å². The largest absolute Gasteiger partial charge is 0.370 e. The van der Waals surface area contributed by atoms with E-state index in [-0.39, 0.29) is 11.9 Å². The summed E-state index contributed by atoms with van der Waals surface area (Å²) in [5, 5.41) is 0. The van der Waals surface area contributed by atoms with E-state index in [1.165, 1.54) is 6.42 Å². The van der Waals surface area contributed by atoms with Gasteiger partial charge in [0, 0.05) is 25.6 Å². The number of carbonyl (C=O) groups excluding carboxylic acids is 1. The van der Waals surface area contributed by atoms with E-state index in [0.717, 1.165) is 13.1 Å². The molecule has 0 aromatic rings. The monoisotopic (exact) mass is 199 g/mol. The van der Waals surface area contributed by atoms with E-state index in [2.05, 4.69) is 18.7 Å². The van der Waals surface area contributed by atoms with Crippen molar-refractivity contribution in [3.05, 3.63) is 0 Å². The van der Waals surface area contributed by atoms with Gasteiger partial charge >= 0.3 is 0 Å². The molecule has 0 bridgehead atoms. The van der Waals surface area contributed by atoms with Gasteiger partial charge in [-0.15, -0.1) is 0 Å². The van der Waals surface area contributed by atoms with E-state index < -0.39 is 0 Å². The van der Waals surface area contributed by atoms with Crippen molar-refractivity contribution in [2.75, 3.05) is 19.6 Å². The number of hydrogen-bond donors (Lipinski definition) is 2. The Bertz CT molecular complexity index is 215. The van der Waals surface area contributed by atoms with Crippen LogP contribution in [0.4, 0.5) is 0 Å². The van der Waals surface area contributed by atoms with Crippen LogP contribution in [0, 0.1) is 5.41 Å². The molecule has 0 radical (unpaired) electrons. The molecule has 1 rings (SSSR count). The zero-order valence-corrected chi connectivity index (χ0v) is 9.12. The lowest BCUT2D eigenvalue weighted by atomic mass is 9.93. The summed E-state index contributed by atoms with van der Waals surface area (Å²) in [4.78, 5) is 13.1. The molecule has 1 fully saturated rings. The van der Waals surface area contributed by atoms with Crippen LogP contribution < -0.4 is 11.5 Å². The summed E-state index contributed by atoms with van der Waals surface area (Å²) in [7, 11) is 0. The lowest BCUT2D eigenvalue weighted by Gasteiger charge is -2.27. The number of carbonyl (C=O) groups is 1. The van der Waals surface area contributed by atoms with Gasteiger partial charge in [-0.2, -0.15) is 0 Å². The first-order valence-electron chi connectivity index (χ1n) is 5.17. The van der Waals surface area contributed by atoms with Crippen LogP contribution in [0.15, 0.2) is 0 Å². The molecule has 82 valence electrons. The summed E-state index contributed by atoms with van der Waals surface area (Å²) in [6, 6.07) is 0.134. The van der Waals surface area contributed by atoms with Gasteiger partial charge in [-0.1, -0.05) is 13.8 Å². The SMILES string of the molecule is CC1(C)CCN(C(CN)CC(N)=O)C1. The van der Waals surface area contributed by atoms with Crippen LogP contribution >= 0.6 is 0 Å². The smallest absolute Gasteiger partial charge is 0.219 e. The van der Waals surface area contributed by atoms with Crippen molar-refractivity contribution in [2.24, 2.45) is 16.9 Å². The van der Waals surface area contributed by atoms with E-state index in [9.17, 15) is 4.79 Å². The van der Waals surface area contributed by atoms with Gasteiger partial charge in [-0.05, 0) is 18.4 Å². The fourth-order valence-electron chi connectivity index (χ4n) is 2.06. The highest BCUT2D eigenvalue weighted by Gasteiger charge is 2.33. The van der Waals surface area contributed by atoms with Gasteiger partial charge in [0.1, 0.15) is 0 Å². The van der Waals surface area contributed by atoms with Gasteiger partial charge < -0.3 is 11.5 Å². The summed E-state index contributed by atoms with van der Waals surface area (Å²) in [6.45, 7) is 7.04. The van der Waals surface area contributed by atoms with Crippen molar-refractivity contribution < 1.29 is 4.79 Å². The predicted octanol–water partition coefficient (Wildman–Crippen LogP) is -0.0790. The molecule has 1 atom stereocenters. The number of amides is 1. The Labute approximate surface area is 85.6 Å². The van der Waals surface area contributed by atoms with Crippen molar-refractivity contribution in [1.82, 2.24) is 4.90 Å². The normalized spacial score (nSPS) is 23.6. The summed E-state index contributed by atoms with van der Waals surface area (Å²) in [5.74, 6) is -0.259. The van der Waals surface area contributed by atoms with Gasteiger partial charge in [-0.3, -0.25) is 9.69 Å². The number of nitrogens with zero attached hydrogens (tertiary/aromatic N) is 1. The molecule has 4 N–H and O–H groups in total. The molecule has 1 aliphatic heterocycles. The highest BCUT2D eigenvalue weighted by atomic mass is 16.1. The lowest BCUT2D eigenvalue weighted by Crippen LogP contribution is -2.42. The van der Waals surface area contributed by atoms with Gasteiger partial charge in [-0.25, -0.2) is 0 Å². The van der Waals surface area contributed by atoms with Crippen molar-refractivity contribution in [2.45, 2.75) is 32.7 Å². The maximum Gasteiger partial charge on any atom is 0.219 e. The number of hydrogen-bond acceptors (Lipinski definition) is 3. The summed E-state index contributed by atoms with van der Waals surface area (Å²) in [5.41, 5.74) is 11.2. The van der Waals surface area contributed by atoms with Crippen LogP contribution in [0.3, 0.4) is 0 Å². The third-order valence-electron chi connectivity index (χ3n) is 2.93. The minimum absolute atomic E-state index is 0.134. The minimum atomic E-state index is -0.259. The van der Waals surface area contributed by atoms with E-state index in [4.69, 9.17) is 11.5 Å². The Morgan fingerprint density at radius 1 is 1.57 bits per heavy atom. The van der Waals surface area contributed by atoms with Gasteiger partial charge in [0.05, 0.1) is 0 Å². The van der Waals surface area contributed by atoms with Crippen molar-refractivity contribution in [3.63, 3.8) is 0 Å². The Balaban J connectivity index is 2.50. The summed E-state index contributed by atoms with van der Waals surface area (Å²) >= 11 is 0. The summed E-state index contributed by atoms with van der Waals surface area (Å²) < 4.78 is 0. The lowest BCUT2D eigenvalue weighted by molar-refractivity contribution is -0.119. The molecule has 1 aliphatic rings. The first-order chi connectivity index (χ1) is 6.44. The zero-order valence-electron chi connectivity index (χ0n) is 9.12. The topological polar surface area (TPSA) is 72.3 Å². The fraction of sp³-hybridized carbons (Fsp3) is 0.900. The second kappa shape index (κ2) is 4.28. The average Bonchev–Trinajstić information content (AvgIpc) is 2.41. The molecule has 14 heavy (non-hydrogen) atoms. The third kappa shape index (κ3) is 2.96. The van der Waals surface area contributed by atoms with Crippen LogP contribution in [0.25, 0.3) is 0 Å². The molecule has 0 aromatic carbocycles. The molecular formula is C10H21N3O. The molecule has 1 heterocycles. The highest BCUT2D eigenvalue weighted by molar-refractivity contribution is 5.74. The van der Waals surface area contributed by atoms with E-state index in [0.29, 0.717) is 18.4 Å². The number of primary amides is 1. The van der Waals surface area contributed by atoms with Crippen LogP contribution in [0.1, 0.15) is 26.7 Å². The first-order valence-corrected chi connectivity index (χ1v) is 5.17. The first kappa shape index (κ1) is 11.5. The average molecular weight is 199 g/mol. The highest BCUT2D eigenvalue weighted by Crippen LogP contribution is 2.30. The molecule has 4 nitrogen and oxygen atoms in total. The Hall–Kier alpha value is -0.610. The second-order valence-electron chi connectivity index (χ2n) is 4.94. The zero-order chi connectivity index (χ0) is 10.8. The quantitative estimate of drug-likeness (QED) is 0.665. The van der Waals surface area contributed by atoms with E-state index >= 15 is 0 Å². The number of rotatable bonds is 4. The molecule has 4 heteroatoms. The minimum Gasteiger partial charge on any atom is -0.370 e. The maximum atomic E-state index is 10.8. The predicted molar refractivity (Wildman–Crippen MR) is 56.6 cm³/mol. The standard InChI is InChI=1S/C10H21N3O/c1-10(2)3-4-13(7-10)8(6-11)5-9(12)14/h8H,3-7,11H2,1-2H3,(H2,12,14). The molecule has 1 saturated heterocycles. The maximum absolute atomic E-state index is 10.8. The van der Waals surface area contributed by atoms with Gasteiger partial charge in [0.25, 0.3) is 0 Å². The number of nitrogens with two attached hydrogens (primary N) is 2. The van der Waals surface area contributed by atoms with Crippen molar-refractivity contribution in [3.8, 4) is 0 Å².